The highest BCUT2D eigenvalue weighted by Gasteiger charge is 2.10. The van der Waals surface area contributed by atoms with Crippen LogP contribution in [0, 0.1) is 0 Å². The Morgan fingerprint density at radius 2 is 2.08 bits per heavy atom. The maximum Gasteiger partial charge on any atom is 0.351 e. The number of hydrogen-bond acceptors (Lipinski definition) is 3. The number of rotatable bonds is 6. The number of nitrogens with two attached hydrogens (primary N) is 1. The zero-order valence-electron chi connectivity index (χ0n) is 7.49. The number of amides is 2. The van der Waals surface area contributed by atoms with Gasteiger partial charge >= 0.3 is 6.03 Å². The number of nitrogens with one attached hydrogen (secondary N) is 1. The molecule has 7 heteroatoms. The van der Waals surface area contributed by atoms with Gasteiger partial charge in [-0.15, -0.1) is 10.3 Å². The van der Waals surface area contributed by atoms with Gasteiger partial charge in [-0.25, -0.2) is 13.2 Å². The molecule has 0 saturated carbocycles. The first-order valence-electron chi connectivity index (χ1n) is 3.97. The summed E-state index contributed by atoms with van der Waals surface area (Å²) < 4.78 is 22.0. The van der Waals surface area contributed by atoms with Crippen molar-refractivity contribution in [2.45, 2.75) is 26.2 Å². The molecular formula is C6H14N3O3S. The molecule has 0 spiro atoms. The van der Waals surface area contributed by atoms with Crippen LogP contribution < -0.4 is 16.0 Å². The lowest BCUT2D eigenvalue weighted by atomic mass is 10.3. The summed E-state index contributed by atoms with van der Waals surface area (Å²) in [7, 11) is -3.47. The van der Waals surface area contributed by atoms with Gasteiger partial charge in [0.25, 0.3) is 0 Å². The largest absolute Gasteiger partial charge is 0.351 e. The van der Waals surface area contributed by atoms with Crippen LogP contribution in [0.5, 0.6) is 0 Å². The van der Waals surface area contributed by atoms with Crippen LogP contribution in [0.25, 0.3) is 0 Å². The van der Waals surface area contributed by atoms with E-state index in [1.54, 1.807) is 4.83 Å². The molecule has 77 valence electrons. The van der Waals surface area contributed by atoms with Gasteiger partial charge in [-0.2, -0.15) is 0 Å². The molecule has 3 N–H and O–H groups in total. The van der Waals surface area contributed by atoms with Gasteiger partial charge in [0.05, 0.1) is 5.75 Å². The minimum Gasteiger partial charge on any atom is -0.349 e. The van der Waals surface area contributed by atoms with Crippen LogP contribution in [0.15, 0.2) is 0 Å². The summed E-state index contributed by atoms with van der Waals surface area (Å²) >= 11 is 0. The fourth-order valence-corrected chi connectivity index (χ4v) is 1.61. The van der Waals surface area contributed by atoms with E-state index in [0.29, 0.717) is 6.42 Å². The second-order valence-electron chi connectivity index (χ2n) is 2.57. The van der Waals surface area contributed by atoms with Gasteiger partial charge in [0, 0.05) is 0 Å². The average molecular weight is 208 g/mol. The van der Waals surface area contributed by atoms with E-state index in [4.69, 9.17) is 0 Å². The number of primary amides is 1. The maximum absolute atomic E-state index is 11.0. The monoisotopic (exact) mass is 208 g/mol. The lowest BCUT2D eigenvalue weighted by Crippen LogP contribution is -2.39. The highest BCUT2D eigenvalue weighted by Crippen LogP contribution is 1.96. The van der Waals surface area contributed by atoms with Crippen molar-refractivity contribution in [3.05, 3.63) is 0 Å². The van der Waals surface area contributed by atoms with Gasteiger partial charge in [0.2, 0.25) is 10.0 Å². The Bertz CT molecular complexity index is 250. The van der Waals surface area contributed by atoms with Crippen molar-refractivity contribution in [2.75, 3.05) is 5.75 Å². The molecule has 6 nitrogen and oxygen atoms in total. The van der Waals surface area contributed by atoms with Crippen LogP contribution in [-0.2, 0) is 10.0 Å². The molecule has 0 aliphatic rings. The number of nitrogens with zero attached hydrogens (tertiary/aromatic N) is 1. The molecule has 0 aliphatic heterocycles. The molecule has 0 bridgehead atoms. The molecule has 0 saturated heterocycles. The van der Waals surface area contributed by atoms with Crippen molar-refractivity contribution in [1.29, 1.82) is 0 Å². The van der Waals surface area contributed by atoms with Crippen molar-refractivity contribution < 1.29 is 13.2 Å². The Labute approximate surface area is 77.9 Å². The topological polar surface area (TPSA) is 103 Å². The third-order valence-electron chi connectivity index (χ3n) is 1.31. The molecular weight excluding hydrogens is 194 g/mol. The Balaban J connectivity index is 3.74. The summed E-state index contributed by atoms with van der Waals surface area (Å²) in [4.78, 5) is 11.8. The van der Waals surface area contributed by atoms with Crippen molar-refractivity contribution >= 4 is 16.1 Å². The van der Waals surface area contributed by atoms with Gasteiger partial charge < -0.3 is 5.73 Å². The molecule has 0 aromatic carbocycles. The summed E-state index contributed by atoms with van der Waals surface area (Å²) in [6, 6.07) is -1.04. The Morgan fingerprint density at radius 1 is 1.46 bits per heavy atom. The van der Waals surface area contributed by atoms with Crippen LogP contribution >= 0.6 is 0 Å². The Kier molecular flexibility index (Phi) is 5.40. The summed E-state index contributed by atoms with van der Waals surface area (Å²) in [6.07, 6.45) is 2.32. The number of carbonyl (C=O) groups excluding carboxylic acids is 1. The minimum absolute atomic E-state index is 0.0301. The molecule has 0 aromatic rings. The van der Waals surface area contributed by atoms with Crippen molar-refractivity contribution in [2.24, 2.45) is 5.73 Å². The normalized spacial score (nSPS) is 11.2. The van der Waals surface area contributed by atoms with Gasteiger partial charge in [-0.3, -0.25) is 0 Å². The lowest BCUT2D eigenvalue weighted by Gasteiger charge is -2.02. The average Bonchev–Trinajstić information content (AvgIpc) is 2.02. The fourth-order valence-electron chi connectivity index (χ4n) is 0.702. The Morgan fingerprint density at radius 3 is 2.54 bits per heavy atom. The minimum atomic E-state index is -3.47. The smallest absolute Gasteiger partial charge is 0.349 e. The van der Waals surface area contributed by atoms with Crippen LogP contribution in [-0.4, -0.2) is 20.2 Å². The van der Waals surface area contributed by atoms with Crippen LogP contribution in [0.2, 0.25) is 0 Å². The molecule has 0 heterocycles. The standard InChI is InChI=1S/C6H14N3O3S/c1-2-3-4-5-13(11,12)9-8-6(7)10/h9H,2-5H2,1H3,(H2,7,10). The molecule has 0 atom stereocenters. The second kappa shape index (κ2) is 5.76. The number of hydrogen-bond donors (Lipinski definition) is 2. The van der Waals surface area contributed by atoms with Crippen LogP contribution in [0.4, 0.5) is 4.79 Å². The molecule has 1 radical (unpaired) electrons. The first-order valence-corrected chi connectivity index (χ1v) is 5.63. The van der Waals surface area contributed by atoms with Crippen molar-refractivity contribution in [1.82, 2.24) is 10.3 Å². The highest BCUT2D eigenvalue weighted by molar-refractivity contribution is 7.89. The SMILES string of the molecule is CCCCCS(=O)(=O)N[N]C(N)=O. The van der Waals surface area contributed by atoms with Crippen LogP contribution in [0.1, 0.15) is 26.2 Å². The van der Waals surface area contributed by atoms with E-state index in [1.165, 1.54) is 0 Å². The first kappa shape index (κ1) is 12.2. The molecule has 0 fully saturated rings. The molecule has 2 amide bonds. The predicted molar refractivity (Wildman–Crippen MR) is 48.2 cm³/mol. The molecule has 0 rings (SSSR count). The van der Waals surface area contributed by atoms with Gasteiger partial charge in [0.15, 0.2) is 0 Å². The van der Waals surface area contributed by atoms with E-state index in [-0.39, 0.29) is 5.75 Å². The van der Waals surface area contributed by atoms with E-state index in [1.807, 2.05) is 6.92 Å². The zero-order chi connectivity index (χ0) is 10.3. The van der Waals surface area contributed by atoms with E-state index < -0.39 is 16.1 Å². The second-order valence-corrected chi connectivity index (χ2v) is 4.39. The summed E-state index contributed by atoms with van der Waals surface area (Å²) in [6.45, 7) is 1.97. The third kappa shape index (κ3) is 7.54. The summed E-state index contributed by atoms with van der Waals surface area (Å²) in [5.74, 6) is -0.0301. The first-order chi connectivity index (χ1) is 5.98. The van der Waals surface area contributed by atoms with Crippen molar-refractivity contribution in [3.8, 4) is 0 Å². The predicted octanol–water partition coefficient (Wildman–Crippen LogP) is -0.306. The Hall–Kier alpha value is -0.820. The summed E-state index contributed by atoms with van der Waals surface area (Å²) in [5.41, 5.74) is 7.50. The van der Waals surface area contributed by atoms with Gasteiger partial charge in [0.1, 0.15) is 0 Å². The number of sulfonamides is 1. The van der Waals surface area contributed by atoms with E-state index in [9.17, 15) is 13.2 Å². The van der Waals surface area contributed by atoms with Crippen LogP contribution in [0.3, 0.4) is 0 Å². The molecule has 0 unspecified atom stereocenters. The molecule has 0 aliphatic carbocycles. The third-order valence-corrected chi connectivity index (χ3v) is 2.51. The van der Waals surface area contributed by atoms with Gasteiger partial charge in [-0.05, 0) is 6.42 Å². The number of carbonyl (C=O) groups is 1. The van der Waals surface area contributed by atoms with E-state index >= 15 is 0 Å². The number of unbranched alkanes of at least 4 members (excludes halogenated alkanes) is 2. The van der Waals surface area contributed by atoms with E-state index in [2.05, 4.69) is 11.2 Å². The van der Waals surface area contributed by atoms with E-state index in [0.717, 1.165) is 12.8 Å². The molecule has 13 heavy (non-hydrogen) atoms. The fraction of sp³-hybridized carbons (Fsp3) is 0.833. The highest BCUT2D eigenvalue weighted by atomic mass is 32.2. The molecule has 0 aromatic heterocycles. The van der Waals surface area contributed by atoms with Gasteiger partial charge in [-0.1, -0.05) is 19.8 Å². The summed E-state index contributed by atoms with van der Waals surface area (Å²) in [5, 5.41) is 0. The number of urea groups is 1. The quantitative estimate of drug-likeness (QED) is 0.462. The maximum atomic E-state index is 11.0. The lowest BCUT2D eigenvalue weighted by molar-refractivity contribution is 0.246. The van der Waals surface area contributed by atoms with Crippen molar-refractivity contribution in [3.63, 3.8) is 0 Å². The zero-order valence-corrected chi connectivity index (χ0v) is 8.30.